The summed E-state index contributed by atoms with van der Waals surface area (Å²) in [5, 5.41) is 8.53. The summed E-state index contributed by atoms with van der Waals surface area (Å²) >= 11 is 1.79. The molecule has 0 saturated carbocycles. The van der Waals surface area contributed by atoms with E-state index >= 15 is 0 Å². The van der Waals surface area contributed by atoms with Gasteiger partial charge in [-0.1, -0.05) is 19.9 Å². The molecule has 2 N–H and O–H groups in total. The highest BCUT2D eigenvalue weighted by Crippen LogP contribution is 2.13. The first-order chi connectivity index (χ1) is 10.1. The minimum Gasteiger partial charge on any atom is -0.469 e. The summed E-state index contributed by atoms with van der Waals surface area (Å²) in [5.41, 5.74) is 0. The summed E-state index contributed by atoms with van der Waals surface area (Å²) in [6.07, 6.45) is 1.06. The van der Waals surface area contributed by atoms with Gasteiger partial charge in [-0.25, -0.2) is 0 Å². The van der Waals surface area contributed by atoms with E-state index in [9.17, 15) is 4.79 Å². The van der Waals surface area contributed by atoms with Crippen LogP contribution in [0.2, 0.25) is 0 Å². The fourth-order valence-corrected chi connectivity index (χ4v) is 2.74. The predicted octanol–water partition coefficient (Wildman–Crippen LogP) is 1.90. The van der Waals surface area contributed by atoms with E-state index in [0.717, 1.165) is 13.0 Å². The number of carbonyl (C=O) groups is 1. The first kappa shape index (κ1) is 17.5. The Morgan fingerprint density at radius 2 is 2.10 bits per heavy atom. The highest BCUT2D eigenvalue weighted by Gasteiger charge is 2.13. The fraction of sp³-hybridized carbons (Fsp3) is 0.600. The zero-order valence-corrected chi connectivity index (χ0v) is 14.0. The Kier molecular flexibility index (Phi) is 7.82. The average Bonchev–Trinajstić information content (AvgIpc) is 2.99. The molecule has 0 saturated heterocycles. The van der Waals surface area contributed by atoms with Gasteiger partial charge in [-0.15, -0.1) is 11.3 Å². The fourth-order valence-electron chi connectivity index (χ4n) is 1.87. The number of carbonyl (C=O) groups excluding carboxylic acids is 1. The molecule has 1 aromatic rings. The molecule has 118 valence electrons. The molecule has 0 amide bonds. The van der Waals surface area contributed by atoms with Crippen LogP contribution < -0.4 is 10.6 Å². The minimum absolute atomic E-state index is 0.197. The van der Waals surface area contributed by atoms with Gasteiger partial charge >= 0.3 is 5.97 Å². The molecule has 2 unspecified atom stereocenters. The molecule has 0 spiro atoms. The van der Waals surface area contributed by atoms with Crippen LogP contribution in [0, 0.1) is 11.8 Å². The van der Waals surface area contributed by atoms with Crippen molar-refractivity contribution in [2.45, 2.75) is 20.3 Å². The third-order valence-electron chi connectivity index (χ3n) is 3.15. The lowest BCUT2D eigenvalue weighted by atomic mass is 10.1. The van der Waals surface area contributed by atoms with Gasteiger partial charge in [0.25, 0.3) is 0 Å². The van der Waals surface area contributed by atoms with Crippen molar-refractivity contribution in [2.75, 3.05) is 27.2 Å². The van der Waals surface area contributed by atoms with Gasteiger partial charge in [0, 0.05) is 25.0 Å². The van der Waals surface area contributed by atoms with Gasteiger partial charge in [0.2, 0.25) is 0 Å². The van der Waals surface area contributed by atoms with Gasteiger partial charge in [0.15, 0.2) is 5.96 Å². The van der Waals surface area contributed by atoms with Gasteiger partial charge in [-0.2, -0.15) is 0 Å². The number of aliphatic imine (C=N–C) groups is 1. The van der Waals surface area contributed by atoms with Crippen LogP contribution in [0.15, 0.2) is 22.5 Å². The highest BCUT2D eigenvalue weighted by molar-refractivity contribution is 7.09. The second-order valence-electron chi connectivity index (χ2n) is 5.15. The van der Waals surface area contributed by atoms with Crippen LogP contribution in [0.5, 0.6) is 0 Å². The summed E-state index contributed by atoms with van der Waals surface area (Å²) in [6, 6.07) is 4.24. The molecule has 0 aliphatic carbocycles. The van der Waals surface area contributed by atoms with Crippen molar-refractivity contribution in [1.82, 2.24) is 10.6 Å². The van der Waals surface area contributed by atoms with Crippen molar-refractivity contribution in [1.29, 1.82) is 0 Å². The van der Waals surface area contributed by atoms with Crippen LogP contribution in [-0.4, -0.2) is 39.2 Å². The average molecular weight is 311 g/mol. The van der Waals surface area contributed by atoms with Gasteiger partial charge in [-0.05, 0) is 23.8 Å². The molecule has 21 heavy (non-hydrogen) atoms. The number of nitrogens with one attached hydrogen (secondary N) is 2. The van der Waals surface area contributed by atoms with E-state index in [1.54, 1.807) is 18.4 Å². The van der Waals surface area contributed by atoms with Crippen molar-refractivity contribution in [3.63, 3.8) is 0 Å². The molecule has 1 aromatic heterocycles. The van der Waals surface area contributed by atoms with Crippen molar-refractivity contribution < 1.29 is 9.53 Å². The van der Waals surface area contributed by atoms with Crippen molar-refractivity contribution in [3.8, 4) is 0 Å². The van der Waals surface area contributed by atoms with Gasteiger partial charge in [-0.3, -0.25) is 9.79 Å². The summed E-state index contributed by atoms with van der Waals surface area (Å²) in [7, 11) is 3.13. The molecule has 0 bridgehead atoms. The maximum Gasteiger partial charge on any atom is 0.310 e. The lowest BCUT2D eigenvalue weighted by Crippen LogP contribution is -2.42. The van der Waals surface area contributed by atoms with E-state index in [0.29, 0.717) is 18.4 Å². The van der Waals surface area contributed by atoms with E-state index in [1.165, 1.54) is 12.0 Å². The Balaban J connectivity index is 2.29. The van der Waals surface area contributed by atoms with E-state index in [4.69, 9.17) is 4.74 Å². The Labute approximate surface area is 130 Å². The molecule has 2 atom stereocenters. The second-order valence-corrected chi connectivity index (χ2v) is 6.18. The number of rotatable bonds is 7. The molecule has 6 heteroatoms. The highest BCUT2D eigenvalue weighted by atomic mass is 32.1. The number of thiophene rings is 1. The van der Waals surface area contributed by atoms with E-state index in [2.05, 4.69) is 40.1 Å². The maximum atomic E-state index is 11.3. The molecule has 5 nitrogen and oxygen atoms in total. The minimum atomic E-state index is -0.219. The topological polar surface area (TPSA) is 62.7 Å². The van der Waals surface area contributed by atoms with Crippen molar-refractivity contribution in [3.05, 3.63) is 22.4 Å². The molecule has 0 aliphatic heterocycles. The third-order valence-corrected chi connectivity index (χ3v) is 4.05. The zero-order chi connectivity index (χ0) is 15.7. The van der Waals surface area contributed by atoms with E-state index in [1.807, 2.05) is 6.92 Å². The Hall–Kier alpha value is -1.56. The number of methoxy groups -OCH3 is 1. The largest absolute Gasteiger partial charge is 0.469 e. The molecular weight excluding hydrogens is 286 g/mol. The molecule has 1 heterocycles. The SMILES string of the molecule is CN=C(NCC(C)Cc1cccs1)NCC(C)C(=O)OC. The van der Waals surface area contributed by atoms with Crippen molar-refractivity contribution in [2.24, 2.45) is 16.8 Å². The lowest BCUT2D eigenvalue weighted by molar-refractivity contribution is -0.144. The second kappa shape index (κ2) is 9.39. The van der Waals surface area contributed by atoms with E-state index < -0.39 is 0 Å². The number of nitrogens with zero attached hydrogens (tertiary/aromatic N) is 1. The lowest BCUT2D eigenvalue weighted by Gasteiger charge is -2.17. The first-order valence-electron chi connectivity index (χ1n) is 7.11. The molecule has 0 radical (unpaired) electrons. The smallest absolute Gasteiger partial charge is 0.310 e. The molecule has 1 rings (SSSR count). The van der Waals surface area contributed by atoms with Crippen LogP contribution >= 0.6 is 11.3 Å². The predicted molar refractivity (Wildman–Crippen MR) is 87.7 cm³/mol. The first-order valence-corrected chi connectivity index (χ1v) is 7.99. The van der Waals surface area contributed by atoms with Gasteiger partial charge in [0.05, 0.1) is 13.0 Å². The molecule has 0 fully saturated rings. The molecular formula is C15H25N3O2S. The van der Waals surface area contributed by atoms with Crippen LogP contribution in [0.25, 0.3) is 0 Å². The van der Waals surface area contributed by atoms with E-state index in [-0.39, 0.29) is 11.9 Å². The molecule has 0 aliphatic rings. The van der Waals surface area contributed by atoms with Crippen LogP contribution in [0.4, 0.5) is 0 Å². The Morgan fingerprint density at radius 3 is 2.67 bits per heavy atom. The zero-order valence-electron chi connectivity index (χ0n) is 13.2. The molecule has 0 aromatic carbocycles. The summed E-state index contributed by atoms with van der Waals surface area (Å²) in [4.78, 5) is 16.9. The number of guanidine groups is 1. The summed E-state index contributed by atoms with van der Waals surface area (Å²) in [5.74, 6) is 0.810. The van der Waals surface area contributed by atoms with Crippen LogP contribution in [-0.2, 0) is 16.0 Å². The quantitative estimate of drug-likeness (QED) is 0.459. The number of hydrogen-bond acceptors (Lipinski definition) is 4. The third kappa shape index (κ3) is 6.62. The monoisotopic (exact) mass is 311 g/mol. The Bertz CT molecular complexity index is 446. The number of ether oxygens (including phenoxy) is 1. The van der Waals surface area contributed by atoms with Crippen LogP contribution in [0.1, 0.15) is 18.7 Å². The summed E-state index contributed by atoms with van der Waals surface area (Å²) in [6.45, 7) is 5.37. The van der Waals surface area contributed by atoms with Crippen molar-refractivity contribution >= 4 is 23.3 Å². The van der Waals surface area contributed by atoms with Gasteiger partial charge in [0.1, 0.15) is 0 Å². The standard InChI is InChI=1S/C15H25N3O2S/c1-11(8-13-6-5-7-21-13)9-17-15(16-3)18-10-12(2)14(19)20-4/h5-7,11-12H,8-10H2,1-4H3,(H2,16,17,18). The Morgan fingerprint density at radius 1 is 1.38 bits per heavy atom. The van der Waals surface area contributed by atoms with Crippen LogP contribution in [0.3, 0.4) is 0 Å². The number of hydrogen-bond donors (Lipinski definition) is 2. The maximum absolute atomic E-state index is 11.3. The van der Waals surface area contributed by atoms with Gasteiger partial charge < -0.3 is 15.4 Å². The normalized spacial score (nSPS) is 14.4. The summed E-state index contributed by atoms with van der Waals surface area (Å²) < 4.78 is 4.70. The number of esters is 1.